The number of aromatic nitrogens is 2. The van der Waals surface area contributed by atoms with Gasteiger partial charge in [-0.25, -0.2) is 0 Å². The minimum atomic E-state index is -0.930. The standard InChI is InChI=1S/C14H9N3O3S/c18-12-11(19-9-5-2-1-4-8(9)15-12)14-17-16-13(20-14)10-6-3-7-21-10/h1-7,11H,(H,15,18). The van der Waals surface area contributed by atoms with Crippen LogP contribution in [0.25, 0.3) is 10.8 Å². The van der Waals surface area contributed by atoms with Gasteiger partial charge in [0.1, 0.15) is 5.75 Å². The molecular weight excluding hydrogens is 290 g/mol. The highest BCUT2D eigenvalue weighted by atomic mass is 32.1. The van der Waals surface area contributed by atoms with Gasteiger partial charge in [-0.15, -0.1) is 21.5 Å². The molecule has 6 nitrogen and oxygen atoms in total. The average Bonchev–Trinajstić information content (AvgIpc) is 3.17. The molecule has 4 rings (SSSR count). The highest BCUT2D eigenvalue weighted by molar-refractivity contribution is 7.13. The number of nitrogens with zero attached hydrogens (tertiary/aromatic N) is 2. The van der Waals surface area contributed by atoms with Gasteiger partial charge in [0.15, 0.2) is 0 Å². The molecule has 0 bridgehead atoms. The fraction of sp³-hybridized carbons (Fsp3) is 0.0714. The summed E-state index contributed by atoms with van der Waals surface area (Å²) in [6, 6.07) is 11.0. The Kier molecular flexibility index (Phi) is 2.71. The van der Waals surface area contributed by atoms with Crippen molar-refractivity contribution >= 4 is 22.9 Å². The van der Waals surface area contributed by atoms with Gasteiger partial charge in [0.05, 0.1) is 10.6 Å². The number of hydrogen-bond donors (Lipinski definition) is 1. The highest BCUT2D eigenvalue weighted by Crippen LogP contribution is 2.35. The van der Waals surface area contributed by atoms with Crippen molar-refractivity contribution in [3.05, 3.63) is 47.7 Å². The summed E-state index contributed by atoms with van der Waals surface area (Å²) >= 11 is 1.49. The zero-order valence-electron chi connectivity index (χ0n) is 10.6. The molecule has 0 fully saturated rings. The number of para-hydroxylation sites is 2. The lowest BCUT2D eigenvalue weighted by Crippen LogP contribution is -2.30. The van der Waals surface area contributed by atoms with Crippen molar-refractivity contribution in [3.63, 3.8) is 0 Å². The summed E-state index contributed by atoms with van der Waals surface area (Å²) in [5.41, 5.74) is 0.636. The summed E-state index contributed by atoms with van der Waals surface area (Å²) in [7, 11) is 0. The lowest BCUT2D eigenvalue weighted by molar-refractivity contribution is -0.124. The minimum Gasteiger partial charge on any atom is -0.468 e. The first kappa shape index (κ1) is 12.1. The van der Waals surface area contributed by atoms with Gasteiger partial charge < -0.3 is 14.5 Å². The molecule has 104 valence electrons. The van der Waals surface area contributed by atoms with Gasteiger partial charge in [-0.2, -0.15) is 0 Å². The average molecular weight is 299 g/mol. The molecule has 3 aromatic rings. The number of ether oxygens (including phenoxy) is 1. The first-order valence-corrected chi connectivity index (χ1v) is 7.13. The largest absolute Gasteiger partial charge is 0.468 e. The molecule has 0 saturated carbocycles. The summed E-state index contributed by atoms with van der Waals surface area (Å²) in [4.78, 5) is 12.9. The fourth-order valence-corrected chi connectivity index (χ4v) is 2.70. The zero-order chi connectivity index (χ0) is 14.2. The van der Waals surface area contributed by atoms with Gasteiger partial charge in [0.2, 0.25) is 0 Å². The number of carbonyl (C=O) groups is 1. The van der Waals surface area contributed by atoms with Crippen LogP contribution in [0.4, 0.5) is 5.69 Å². The molecule has 1 aliphatic rings. The lowest BCUT2D eigenvalue weighted by atomic mass is 10.2. The summed E-state index contributed by atoms with van der Waals surface area (Å²) in [6.45, 7) is 0. The number of carbonyl (C=O) groups excluding carboxylic acids is 1. The molecule has 0 spiro atoms. The van der Waals surface area contributed by atoms with Crippen molar-refractivity contribution in [1.82, 2.24) is 10.2 Å². The second kappa shape index (κ2) is 4.71. The van der Waals surface area contributed by atoms with E-state index in [-0.39, 0.29) is 11.8 Å². The molecule has 7 heteroatoms. The lowest BCUT2D eigenvalue weighted by Gasteiger charge is -2.23. The molecule has 0 saturated heterocycles. The number of anilines is 1. The van der Waals surface area contributed by atoms with E-state index in [9.17, 15) is 4.79 Å². The maximum absolute atomic E-state index is 12.1. The van der Waals surface area contributed by atoms with Crippen molar-refractivity contribution < 1.29 is 13.9 Å². The highest BCUT2D eigenvalue weighted by Gasteiger charge is 2.33. The Morgan fingerprint density at radius 2 is 2.05 bits per heavy atom. The molecule has 3 heterocycles. The third-order valence-corrected chi connectivity index (χ3v) is 3.88. The monoisotopic (exact) mass is 299 g/mol. The van der Waals surface area contributed by atoms with E-state index in [1.165, 1.54) is 11.3 Å². The molecule has 21 heavy (non-hydrogen) atoms. The summed E-state index contributed by atoms with van der Waals surface area (Å²) in [6.07, 6.45) is -0.930. The smallest absolute Gasteiger partial charge is 0.275 e. The Balaban J connectivity index is 1.67. The van der Waals surface area contributed by atoms with E-state index in [1.54, 1.807) is 12.1 Å². The number of benzene rings is 1. The molecule has 0 aliphatic carbocycles. The van der Waals surface area contributed by atoms with Crippen LogP contribution in [-0.4, -0.2) is 16.1 Å². The van der Waals surface area contributed by atoms with Gasteiger partial charge in [-0.1, -0.05) is 18.2 Å². The Morgan fingerprint density at radius 1 is 1.14 bits per heavy atom. The third kappa shape index (κ3) is 2.07. The van der Waals surface area contributed by atoms with E-state index in [2.05, 4.69) is 15.5 Å². The van der Waals surface area contributed by atoms with Crippen LogP contribution in [0.1, 0.15) is 12.0 Å². The van der Waals surface area contributed by atoms with Crippen LogP contribution in [0.5, 0.6) is 5.75 Å². The minimum absolute atomic E-state index is 0.144. The van der Waals surface area contributed by atoms with Crippen LogP contribution in [-0.2, 0) is 4.79 Å². The molecule has 1 N–H and O–H groups in total. The predicted octanol–water partition coefficient (Wildman–Crippen LogP) is 2.87. The topological polar surface area (TPSA) is 77.2 Å². The van der Waals surface area contributed by atoms with Crippen molar-refractivity contribution in [3.8, 4) is 16.5 Å². The van der Waals surface area contributed by atoms with Crippen LogP contribution in [0.15, 0.2) is 46.2 Å². The van der Waals surface area contributed by atoms with Crippen LogP contribution in [0.3, 0.4) is 0 Å². The fourth-order valence-electron chi connectivity index (χ4n) is 2.05. The Bertz CT molecular complexity index is 797. The van der Waals surface area contributed by atoms with Gasteiger partial charge in [-0.05, 0) is 23.6 Å². The Labute approximate surface area is 123 Å². The number of amides is 1. The molecule has 1 aromatic carbocycles. The van der Waals surface area contributed by atoms with Crippen molar-refractivity contribution in [1.29, 1.82) is 0 Å². The molecule has 1 unspecified atom stereocenters. The molecule has 2 aromatic heterocycles. The number of fused-ring (bicyclic) bond motifs is 1. The number of hydrogen-bond acceptors (Lipinski definition) is 6. The van der Waals surface area contributed by atoms with Gasteiger partial charge in [0.25, 0.3) is 23.8 Å². The molecule has 1 amide bonds. The van der Waals surface area contributed by atoms with Crippen molar-refractivity contribution in [2.24, 2.45) is 0 Å². The number of rotatable bonds is 2. The maximum Gasteiger partial charge on any atom is 0.275 e. The van der Waals surface area contributed by atoms with Crippen LogP contribution < -0.4 is 10.1 Å². The third-order valence-electron chi connectivity index (χ3n) is 3.02. The summed E-state index contributed by atoms with van der Waals surface area (Å²) in [5, 5.41) is 12.6. The molecular formula is C14H9N3O3S. The number of nitrogens with one attached hydrogen (secondary N) is 1. The predicted molar refractivity (Wildman–Crippen MR) is 76.1 cm³/mol. The maximum atomic E-state index is 12.1. The normalized spacial score (nSPS) is 17.0. The van der Waals surface area contributed by atoms with E-state index >= 15 is 0 Å². The van der Waals surface area contributed by atoms with Crippen molar-refractivity contribution in [2.45, 2.75) is 6.10 Å². The Morgan fingerprint density at radius 3 is 2.90 bits per heavy atom. The molecule has 1 atom stereocenters. The van der Waals surface area contributed by atoms with Crippen LogP contribution >= 0.6 is 11.3 Å². The Hall–Kier alpha value is -2.67. The SMILES string of the molecule is O=C1Nc2ccccc2OC1c1nnc(-c2cccs2)o1. The first-order valence-electron chi connectivity index (χ1n) is 6.25. The van der Waals surface area contributed by atoms with Crippen LogP contribution in [0.2, 0.25) is 0 Å². The van der Waals surface area contributed by atoms with Gasteiger partial charge >= 0.3 is 0 Å². The zero-order valence-corrected chi connectivity index (χ0v) is 11.5. The number of thiophene rings is 1. The first-order chi connectivity index (χ1) is 10.3. The van der Waals surface area contributed by atoms with E-state index in [1.807, 2.05) is 29.6 Å². The van der Waals surface area contributed by atoms with E-state index in [0.717, 1.165) is 4.88 Å². The van der Waals surface area contributed by atoms with E-state index in [0.29, 0.717) is 17.3 Å². The molecule has 1 aliphatic heterocycles. The summed E-state index contributed by atoms with van der Waals surface area (Å²) < 4.78 is 11.2. The second-order valence-corrected chi connectivity index (χ2v) is 5.35. The van der Waals surface area contributed by atoms with Crippen LogP contribution in [0, 0.1) is 0 Å². The van der Waals surface area contributed by atoms with E-state index in [4.69, 9.17) is 9.15 Å². The quantitative estimate of drug-likeness (QED) is 0.787. The second-order valence-electron chi connectivity index (χ2n) is 4.41. The molecule has 0 radical (unpaired) electrons. The van der Waals surface area contributed by atoms with E-state index < -0.39 is 6.10 Å². The van der Waals surface area contributed by atoms with Gasteiger partial charge in [0, 0.05) is 0 Å². The summed E-state index contributed by atoms with van der Waals surface area (Å²) in [5.74, 6) is 0.786. The van der Waals surface area contributed by atoms with Crippen molar-refractivity contribution in [2.75, 3.05) is 5.32 Å². The van der Waals surface area contributed by atoms with Gasteiger partial charge in [-0.3, -0.25) is 4.79 Å².